The fraction of sp³-hybridized carbons (Fsp3) is 0.250. The summed E-state index contributed by atoms with van der Waals surface area (Å²) in [5.41, 5.74) is 3.53. The van der Waals surface area contributed by atoms with Crippen LogP contribution < -0.4 is 4.57 Å². The van der Waals surface area contributed by atoms with Crippen molar-refractivity contribution in [1.82, 2.24) is 4.57 Å². The Morgan fingerprint density at radius 1 is 0.792 bits per heavy atom. The Morgan fingerprint density at radius 2 is 1.46 bits per heavy atom. The second-order valence-electron chi connectivity index (χ2n) is 6.25. The molecule has 4 heteroatoms. The maximum absolute atomic E-state index is 6.09. The maximum Gasteiger partial charge on any atom is 0.262 e. The highest BCUT2D eigenvalue weighted by molar-refractivity contribution is 6.30. The quantitative estimate of drug-likeness (QED) is 0.538. The minimum Gasteiger partial charge on any atom is -0.233 e. The number of benzene rings is 2. The highest BCUT2D eigenvalue weighted by Gasteiger charge is 2.26. The average molecular weight is 358 g/mol. The summed E-state index contributed by atoms with van der Waals surface area (Å²) in [4.78, 5) is 0. The summed E-state index contributed by atoms with van der Waals surface area (Å²) in [6.45, 7) is 1.08. The normalized spacial score (nSPS) is 14.2. The van der Waals surface area contributed by atoms with Crippen LogP contribution in [0.15, 0.2) is 54.7 Å². The molecule has 0 saturated heterocycles. The lowest BCUT2D eigenvalue weighted by molar-refractivity contribution is -0.702. The minimum atomic E-state index is 0.762. The monoisotopic (exact) mass is 357 g/mol. The van der Waals surface area contributed by atoms with E-state index in [1.54, 1.807) is 0 Å². The summed E-state index contributed by atoms with van der Waals surface area (Å²) in [6.07, 6.45) is 7.13. The molecular formula is C20H19Cl2N2+. The maximum atomic E-state index is 6.09. The molecule has 0 radical (unpaired) electrons. The molecule has 0 aliphatic carbocycles. The van der Waals surface area contributed by atoms with Gasteiger partial charge in [0.25, 0.3) is 5.82 Å². The molecule has 4 rings (SSSR count). The first-order chi connectivity index (χ1) is 11.7. The Hall–Kier alpha value is -1.77. The molecule has 122 valence electrons. The van der Waals surface area contributed by atoms with Crippen LogP contribution in [0.25, 0.3) is 16.9 Å². The molecule has 0 saturated carbocycles. The topological polar surface area (TPSA) is 8.81 Å². The number of aryl methyl sites for hydroxylation is 1. The van der Waals surface area contributed by atoms with Crippen molar-refractivity contribution in [2.45, 2.75) is 32.2 Å². The molecule has 3 aromatic rings. The van der Waals surface area contributed by atoms with Gasteiger partial charge in [0, 0.05) is 22.0 Å². The molecule has 1 aromatic heterocycles. The number of rotatable bonds is 2. The lowest BCUT2D eigenvalue weighted by Gasteiger charge is -2.06. The predicted molar refractivity (Wildman–Crippen MR) is 99.0 cm³/mol. The van der Waals surface area contributed by atoms with Crippen LogP contribution in [-0.2, 0) is 13.0 Å². The van der Waals surface area contributed by atoms with Gasteiger partial charge < -0.3 is 0 Å². The SMILES string of the molecule is Clc1ccc(-c2c[n+]3c(n2-c2ccc(Cl)cc2)CCCCC3)cc1. The van der Waals surface area contributed by atoms with Crippen molar-refractivity contribution < 1.29 is 4.57 Å². The van der Waals surface area contributed by atoms with Gasteiger partial charge in [-0.25, -0.2) is 4.57 Å². The molecule has 2 aromatic carbocycles. The molecule has 0 unspecified atom stereocenters. The van der Waals surface area contributed by atoms with Crippen LogP contribution in [0.1, 0.15) is 25.1 Å². The fourth-order valence-corrected chi connectivity index (χ4v) is 3.69. The molecule has 1 aliphatic rings. The molecular weight excluding hydrogens is 339 g/mol. The third-order valence-corrected chi connectivity index (χ3v) is 5.14. The van der Waals surface area contributed by atoms with Crippen molar-refractivity contribution in [2.24, 2.45) is 0 Å². The van der Waals surface area contributed by atoms with E-state index in [0.29, 0.717) is 0 Å². The number of halogens is 2. The van der Waals surface area contributed by atoms with E-state index in [2.05, 4.69) is 39.6 Å². The van der Waals surface area contributed by atoms with Crippen LogP contribution in [0.5, 0.6) is 0 Å². The minimum absolute atomic E-state index is 0.762. The number of nitrogens with zero attached hydrogens (tertiary/aromatic N) is 2. The van der Waals surface area contributed by atoms with Crippen molar-refractivity contribution in [2.75, 3.05) is 0 Å². The second-order valence-corrected chi connectivity index (χ2v) is 7.13. The van der Waals surface area contributed by atoms with E-state index < -0.39 is 0 Å². The first-order valence-electron chi connectivity index (χ1n) is 8.38. The molecule has 1 aliphatic heterocycles. The third-order valence-electron chi connectivity index (χ3n) is 4.63. The van der Waals surface area contributed by atoms with Gasteiger partial charge in [-0.3, -0.25) is 0 Å². The first kappa shape index (κ1) is 15.7. The Balaban J connectivity index is 1.92. The van der Waals surface area contributed by atoms with E-state index in [1.165, 1.54) is 36.3 Å². The van der Waals surface area contributed by atoms with Gasteiger partial charge in [-0.1, -0.05) is 23.2 Å². The van der Waals surface area contributed by atoms with Gasteiger partial charge in [0.2, 0.25) is 0 Å². The van der Waals surface area contributed by atoms with E-state index in [1.807, 2.05) is 24.3 Å². The van der Waals surface area contributed by atoms with Crippen molar-refractivity contribution in [3.8, 4) is 16.9 Å². The van der Waals surface area contributed by atoms with Crippen LogP contribution in [-0.4, -0.2) is 4.57 Å². The van der Waals surface area contributed by atoms with Crippen molar-refractivity contribution in [3.63, 3.8) is 0 Å². The second kappa shape index (κ2) is 6.62. The van der Waals surface area contributed by atoms with Gasteiger partial charge in [-0.15, -0.1) is 0 Å². The molecule has 0 atom stereocenters. The largest absolute Gasteiger partial charge is 0.262 e. The Labute approximate surface area is 152 Å². The van der Waals surface area contributed by atoms with Crippen LogP contribution in [0.2, 0.25) is 10.0 Å². The van der Waals surface area contributed by atoms with Crippen LogP contribution in [0, 0.1) is 0 Å². The highest BCUT2D eigenvalue weighted by atomic mass is 35.5. The van der Waals surface area contributed by atoms with E-state index in [0.717, 1.165) is 28.7 Å². The summed E-state index contributed by atoms with van der Waals surface area (Å²) < 4.78 is 4.77. The lowest BCUT2D eigenvalue weighted by Crippen LogP contribution is -2.35. The summed E-state index contributed by atoms with van der Waals surface area (Å²) in [6, 6.07) is 16.2. The third kappa shape index (κ3) is 2.97. The molecule has 0 bridgehead atoms. The average Bonchev–Trinajstić information content (AvgIpc) is 2.79. The molecule has 0 fully saturated rings. The van der Waals surface area contributed by atoms with Gasteiger partial charge in [0.1, 0.15) is 11.9 Å². The van der Waals surface area contributed by atoms with Gasteiger partial charge in [-0.2, -0.15) is 4.57 Å². The molecule has 2 heterocycles. The number of fused-ring (bicyclic) bond motifs is 1. The number of hydrogen-bond acceptors (Lipinski definition) is 0. The highest BCUT2D eigenvalue weighted by Crippen LogP contribution is 2.28. The van der Waals surface area contributed by atoms with Crippen molar-refractivity contribution >= 4 is 23.2 Å². The summed E-state index contributed by atoms with van der Waals surface area (Å²) in [7, 11) is 0. The lowest BCUT2D eigenvalue weighted by atomic mass is 10.1. The number of imidazole rings is 1. The standard InChI is InChI=1S/C20H19Cl2N2/c21-16-7-5-15(6-8-16)19-14-23-13-3-1-2-4-20(23)24(19)18-11-9-17(22)10-12-18/h5-12,14H,1-4,13H2/q+1. The molecule has 0 spiro atoms. The fourth-order valence-electron chi connectivity index (χ4n) is 3.44. The van der Waals surface area contributed by atoms with Gasteiger partial charge in [0.15, 0.2) is 5.69 Å². The Morgan fingerprint density at radius 3 is 2.17 bits per heavy atom. The summed E-state index contributed by atoms with van der Waals surface area (Å²) in [5, 5.41) is 1.52. The summed E-state index contributed by atoms with van der Waals surface area (Å²) in [5.74, 6) is 1.36. The zero-order valence-electron chi connectivity index (χ0n) is 13.4. The zero-order chi connectivity index (χ0) is 16.5. The van der Waals surface area contributed by atoms with Gasteiger partial charge in [-0.05, 0) is 67.8 Å². The van der Waals surface area contributed by atoms with E-state index >= 15 is 0 Å². The van der Waals surface area contributed by atoms with Crippen LogP contribution >= 0.6 is 23.2 Å². The molecule has 2 nitrogen and oxygen atoms in total. The first-order valence-corrected chi connectivity index (χ1v) is 9.14. The number of aromatic nitrogens is 2. The zero-order valence-corrected chi connectivity index (χ0v) is 14.9. The Kier molecular flexibility index (Phi) is 4.34. The smallest absolute Gasteiger partial charge is 0.233 e. The van der Waals surface area contributed by atoms with Gasteiger partial charge >= 0.3 is 0 Å². The van der Waals surface area contributed by atoms with E-state index in [9.17, 15) is 0 Å². The predicted octanol–water partition coefficient (Wildman–Crippen LogP) is 5.47. The molecule has 0 N–H and O–H groups in total. The van der Waals surface area contributed by atoms with Crippen molar-refractivity contribution in [3.05, 3.63) is 70.6 Å². The van der Waals surface area contributed by atoms with E-state index in [-0.39, 0.29) is 0 Å². The molecule has 24 heavy (non-hydrogen) atoms. The van der Waals surface area contributed by atoms with Crippen LogP contribution in [0.3, 0.4) is 0 Å². The summed E-state index contributed by atoms with van der Waals surface area (Å²) >= 11 is 12.2. The Bertz CT molecular complexity index is 849. The van der Waals surface area contributed by atoms with E-state index in [4.69, 9.17) is 23.2 Å². The molecule has 0 amide bonds. The van der Waals surface area contributed by atoms with Crippen LogP contribution in [0.4, 0.5) is 0 Å². The number of hydrogen-bond donors (Lipinski definition) is 0. The van der Waals surface area contributed by atoms with Crippen molar-refractivity contribution in [1.29, 1.82) is 0 Å². The van der Waals surface area contributed by atoms with Gasteiger partial charge in [0.05, 0.1) is 6.54 Å².